The van der Waals surface area contributed by atoms with E-state index in [-0.39, 0.29) is 29.5 Å². The summed E-state index contributed by atoms with van der Waals surface area (Å²) in [5, 5.41) is -0.239. The van der Waals surface area contributed by atoms with Crippen molar-refractivity contribution in [3.8, 4) is 0 Å². The summed E-state index contributed by atoms with van der Waals surface area (Å²) in [6, 6.07) is 5.79. The standard InChI is InChI=1S/C20H28FN3O4S/c21-17-7-3-1-5-15(17)20(25)28-14-13-23-9-11-24(12-10-23)19-16-6-2-4-8-18(16)29(26,27)22-19/h1,3,5,7,16,18-19,22H,2,4,6,8-14H2. The fourth-order valence-corrected chi connectivity index (χ4v) is 6.85. The molecule has 9 heteroatoms. The summed E-state index contributed by atoms with van der Waals surface area (Å²) in [7, 11) is -3.21. The maximum Gasteiger partial charge on any atom is 0.341 e. The van der Waals surface area contributed by atoms with Gasteiger partial charge in [0.05, 0.1) is 17.0 Å². The SMILES string of the molecule is O=C(OCCN1CCN(C2NS(=O)(=O)C3CCCCC23)CC1)c1ccccc1F. The van der Waals surface area contributed by atoms with Crippen molar-refractivity contribution in [2.45, 2.75) is 37.1 Å². The zero-order valence-corrected chi connectivity index (χ0v) is 17.2. The maximum atomic E-state index is 13.6. The Morgan fingerprint density at radius 1 is 1.14 bits per heavy atom. The second-order valence-electron chi connectivity index (χ2n) is 8.09. The first kappa shape index (κ1) is 20.7. The van der Waals surface area contributed by atoms with E-state index in [0.717, 1.165) is 51.9 Å². The van der Waals surface area contributed by atoms with Gasteiger partial charge in [0.2, 0.25) is 10.0 Å². The molecule has 1 aromatic carbocycles. The Balaban J connectivity index is 1.24. The molecule has 2 saturated heterocycles. The Hall–Kier alpha value is -1.55. The molecule has 0 amide bonds. The monoisotopic (exact) mass is 425 g/mol. The van der Waals surface area contributed by atoms with Gasteiger partial charge >= 0.3 is 5.97 Å². The number of carbonyl (C=O) groups excluding carboxylic acids is 1. The van der Waals surface area contributed by atoms with E-state index in [1.807, 2.05) is 0 Å². The van der Waals surface area contributed by atoms with Crippen LogP contribution in [0.15, 0.2) is 24.3 Å². The molecule has 29 heavy (non-hydrogen) atoms. The molecule has 1 saturated carbocycles. The van der Waals surface area contributed by atoms with Gasteiger partial charge in [-0.05, 0) is 25.0 Å². The fraction of sp³-hybridized carbons (Fsp3) is 0.650. The topological polar surface area (TPSA) is 79.0 Å². The third-order valence-corrected chi connectivity index (χ3v) is 8.33. The molecule has 2 heterocycles. The number of carbonyl (C=O) groups is 1. The minimum Gasteiger partial charge on any atom is -0.461 e. The van der Waals surface area contributed by atoms with Crippen LogP contribution in [0.3, 0.4) is 0 Å². The summed E-state index contributed by atoms with van der Waals surface area (Å²) in [4.78, 5) is 16.4. The number of ether oxygens (including phenoxy) is 1. The molecule has 3 aliphatic rings. The van der Waals surface area contributed by atoms with Crippen molar-refractivity contribution in [1.29, 1.82) is 0 Å². The molecule has 1 aliphatic carbocycles. The van der Waals surface area contributed by atoms with Crippen molar-refractivity contribution in [2.24, 2.45) is 5.92 Å². The zero-order valence-electron chi connectivity index (χ0n) is 16.4. The van der Waals surface area contributed by atoms with Gasteiger partial charge in [0.1, 0.15) is 12.4 Å². The molecule has 3 atom stereocenters. The largest absolute Gasteiger partial charge is 0.461 e. The van der Waals surface area contributed by atoms with Crippen molar-refractivity contribution in [3.63, 3.8) is 0 Å². The predicted molar refractivity (Wildman–Crippen MR) is 106 cm³/mol. The van der Waals surface area contributed by atoms with Gasteiger partial charge in [-0.3, -0.25) is 9.80 Å². The molecule has 0 bridgehead atoms. The van der Waals surface area contributed by atoms with E-state index in [2.05, 4.69) is 14.5 Å². The molecular formula is C20H28FN3O4S. The first-order valence-electron chi connectivity index (χ1n) is 10.3. The minimum atomic E-state index is -3.21. The molecule has 1 N–H and O–H groups in total. The molecule has 4 rings (SSSR count). The van der Waals surface area contributed by atoms with E-state index in [1.165, 1.54) is 18.2 Å². The highest BCUT2D eigenvalue weighted by Crippen LogP contribution is 2.38. The third-order valence-electron chi connectivity index (χ3n) is 6.38. The summed E-state index contributed by atoms with van der Waals surface area (Å²) in [5.74, 6) is -1.04. The Morgan fingerprint density at radius 2 is 1.86 bits per heavy atom. The van der Waals surface area contributed by atoms with E-state index in [4.69, 9.17) is 4.74 Å². The van der Waals surface area contributed by atoms with Crippen LogP contribution in [-0.2, 0) is 14.8 Å². The van der Waals surface area contributed by atoms with E-state index in [1.54, 1.807) is 6.07 Å². The molecule has 3 unspecified atom stereocenters. The zero-order chi connectivity index (χ0) is 20.4. The number of esters is 1. The predicted octanol–water partition coefficient (Wildman–Crippen LogP) is 1.42. The fourth-order valence-electron chi connectivity index (χ4n) is 4.80. The van der Waals surface area contributed by atoms with Crippen LogP contribution in [0.4, 0.5) is 4.39 Å². The van der Waals surface area contributed by atoms with Crippen LogP contribution < -0.4 is 4.72 Å². The van der Waals surface area contributed by atoms with Crippen LogP contribution in [0.25, 0.3) is 0 Å². The Labute approximate surface area is 171 Å². The number of hydrogen-bond donors (Lipinski definition) is 1. The number of nitrogens with zero attached hydrogens (tertiary/aromatic N) is 2. The first-order valence-corrected chi connectivity index (χ1v) is 11.9. The quantitative estimate of drug-likeness (QED) is 0.719. The van der Waals surface area contributed by atoms with Crippen molar-refractivity contribution >= 4 is 16.0 Å². The van der Waals surface area contributed by atoms with Gasteiger partial charge in [-0.1, -0.05) is 25.0 Å². The summed E-state index contributed by atoms with van der Waals surface area (Å²) in [6.45, 7) is 3.90. The number of benzene rings is 1. The van der Waals surface area contributed by atoms with E-state index >= 15 is 0 Å². The van der Waals surface area contributed by atoms with Crippen LogP contribution in [-0.4, -0.2) is 74.9 Å². The van der Waals surface area contributed by atoms with E-state index in [0.29, 0.717) is 6.54 Å². The number of sulfonamides is 1. The molecule has 3 fully saturated rings. The van der Waals surface area contributed by atoms with E-state index in [9.17, 15) is 17.6 Å². The highest BCUT2D eigenvalue weighted by atomic mass is 32.2. The second kappa shape index (κ2) is 8.67. The highest BCUT2D eigenvalue weighted by Gasteiger charge is 2.49. The van der Waals surface area contributed by atoms with Gasteiger partial charge < -0.3 is 4.74 Å². The summed E-state index contributed by atoms with van der Waals surface area (Å²) >= 11 is 0. The van der Waals surface area contributed by atoms with Gasteiger partial charge in [-0.15, -0.1) is 0 Å². The lowest BCUT2D eigenvalue weighted by Gasteiger charge is -2.40. The lowest BCUT2D eigenvalue weighted by atomic mass is 9.86. The average Bonchev–Trinajstić information content (AvgIpc) is 3.00. The number of halogens is 1. The molecule has 2 aliphatic heterocycles. The smallest absolute Gasteiger partial charge is 0.341 e. The van der Waals surface area contributed by atoms with Crippen LogP contribution in [0.2, 0.25) is 0 Å². The number of hydrogen-bond acceptors (Lipinski definition) is 6. The average molecular weight is 426 g/mol. The molecule has 1 aromatic rings. The van der Waals surface area contributed by atoms with Crippen LogP contribution in [0.5, 0.6) is 0 Å². The van der Waals surface area contributed by atoms with Gasteiger partial charge in [-0.2, -0.15) is 4.72 Å². The van der Waals surface area contributed by atoms with Gasteiger partial charge in [0.25, 0.3) is 0 Å². The van der Waals surface area contributed by atoms with Gasteiger partial charge in [0.15, 0.2) is 0 Å². The molecule has 0 spiro atoms. The summed E-state index contributed by atoms with van der Waals surface area (Å²) in [5.41, 5.74) is -0.0483. The normalized spacial score (nSPS) is 30.0. The van der Waals surface area contributed by atoms with E-state index < -0.39 is 21.8 Å². The number of rotatable bonds is 5. The molecule has 7 nitrogen and oxygen atoms in total. The Kier molecular flexibility index (Phi) is 6.19. The number of piperazine rings is 1. The second-order valence-corrected chi connectivity index (χ2v) is 10.0. The maximum absolute atomic E-state index is 13.6. The van der Waals surface area contributed by atoms with Crippen LogP contribution in [0, 0.1) is 11.7 Å². The Morgan fingerprint density at radius 3 is 2.62 bits per heavy atom. The molecule has 0 aromatic heterocycles. The highest BCUT2D eigenvalue weighted by molar-refractivity contribution is 7.90. The number of nitrogens with one attached hydrogen (secondary N) is 1. The summed E-state index contributed by atoms with van der Waals surface area (Å²) < 4.78 is 46.6. The van der Waals surface area contributed by atoms with Crippen molar-refractivity contribution in [3.05, 3.63) is 35.6 Å². The first-order chi connectivity index (χ1) is 14.0. The lowest BCUT2D eigenvalue weighted by molar-refractivity contribution is 0.0338. The van der Waals surface area contributed by atoms with Gasteiger partial charge in [-0.25, -0.2) is 17.6 Å². The summed E-state index contributed by atoms with van der Waals surface area (Å²) in [6.07, 6.45) is 3.74. The van der Waals surface area contributed by atoms with Crippen molar-refractivity contribution in [2.75, 3.05) is 39.3 Å². The van der Waals surface area contributed by atoms with Crippen molar-refractivity contribution in [1.82, 2.24) is 14.5 Å². The van der Waals surface area contributed by atoms with Crippen molar-refractivity contribution < 1.29 is 22.3 Å². The molecule has 160 valence electrons. The number of fused-ring (bicyclic) bond motifs is 1. The Bertz CT molecular complexity index is 842. The van der Waals surface area contributed by atoms with Crippen LogP contribution >= 0.6 is 0 Å². The van der Waals surface area contributed by atoms with Crippen LogP contribution in [0.1, 0.15) is 36.0 Å². The molecular weight excluding hydrogens is 397 g/mol. The lowest BCUT2D eigenvalue weighted by Crippen LogP contribution is -2.55. The minimum absolute atomic E-state index is 0.0483. The molecule has 0 radical (unpaired) electrons. The van der Waals surface area contributed by atoms with Gasteiger partial charge in [0, 0.05) is 38.6 Å². The third kappa shape index (κ3) is 4.47.